The lowest BCUT2D eigenvalue weighted by Crippen LogP contribution is -2.26. The van der Waals surface area contributed by atoms with Crippen LogP contribution in [0.2, 0.25) is 0 Å². The molecule has 2 rings (SSSR count). The second-order valence-corrected chi connectivity index (χ2v) is 4.96. The molecule has 0 N–H and O–H groups in total. The summed E-state index contributed by atoms with van der Waals surface area (Å²) in [4.78, 5) is 36.7. The molecule has 1 saturated heterocycles. The highest BCUT2D eigenvalue weighted by molar-refractivity contribution is 6.04. The number of carbonyl (C=O) groups excluding carboxylic acids is 3. The van der Waals surface area contributed by atoms with E-state index in [4.69, 9.17) is 0 Å². The minimum atomic E-state index is -0.559. The van der Waals surface area contributed by atoms with Gasteiger partial charge in [0, 0.05) is 24.6 Å². The fourth-order valence-electron chi connectivity index (χ4n) is 2.33. The summed E-state index contributed by atoms with van der Waals surface area (Å²) in [6.07, 6.45) is -0.111. The molecule has 0 bridgehead atoms. The molecule has 1 amide bonds. The molecule has 1 aromatic carbocycles. The predicted molar refractivity (Wildman–Crippen MR) is 73.3 cm³/mol. The summed E-state index contributed by atoms with van der Waals surface area (Å²) >= 11 is 0. The van der Waals surface area contributed by atoms with Crippen LogP contribution in [0.5, 0.6) is 0 Å². The number of anilines is 1. The van der Waals surface area contributed by atoms with E-state index in [0.717, 1.165) is 11.3 Å². The molecule has 1 aromatic rings. The number of aryl methyl sites for hydroxylation is 1. The summed E-state index contributed by atoms with van der Waals surface area (Å²) in [7, 11) is 1.24. The monoisotopic (exact) mass is 275 g/mol. The summed E-state index contributed by atoms with van der Waals surface area (Å²) in [5.41, 5.74) is 1.85. The Morgan fingerprint density at radius 2 is 2.15 bits per heavy atom. The van der Waals surface area contributed by atoms with Gasteiger partial charge in [-0.2, -0.15) is 0 Å². The smallest absolute Gasteiger partial charge is 0.313 e. The van der Waals surface area contributed by atoms with Crippen molar-refractivity contribution in [2.45, 2.75) is 19.8 Å². The zero-order valence-electron chi connectivity index (χ0n) is 11.6. The van der Waals surface area contributed by atoms with Gasteiger partial charge in [0.2, 0.25) is 5.91 Å². The SMILES string of the molecule is COC(=O)CC(=O)[C@@H]1CC(=O)N(c2cccc(C)c2)C1. The molecule has 0 aliphatic carbocycles. The number of benzene rings is 1. The van der Waals surface area contributed by atoms with Gasteiger partial charge in [-0.3, -0.25) is 14.4 Å². The van der Waals surface area contributed by atoms with E-state index in [-0.39, 0.29) is 24.5 Å². The maximum atomic E-state index is 12.0. The highest BCUT2D eigenvalue weighted by Crippen LogP contribution is 2.26. The number of hydrogen-bond acceptors (Lipinski definition) is 4. The first-order chi connectivity index (χ1) is 9.51. The maximum absolute atomic E-state index is 12.0. The summed E-state index contributed by atoms with van der Waals surface area (Å²) in [6.45, 7) is 2.28. The van der Waals surface area contributed by atoms with Gasteiger partial charge in [-0.25, -0.2) is 0 Å². The Morgan fingerprint density at radius 3 is 2.80 bits per heavy atom. The van der Waals surface area contributed by atoms with Gasteiger partial charge in [-0.05, 0) is 24.6 Å². The molecule has 0 spiro atoms. The normalized spacial score (nSPS) is 18.2. The lowest BCUT2D eigenvalue weighted by Gasteiger charge is -2.16. The number of amides is 1. The van der Waals surface area contributed by atoms with Gasteiger partial charge >= 0.3 is 5.97 Å². The van der Waals surface area contributed by atoms with E-state index < -0.39 is 11.9 Å². The molecule has 0 aromatic heterocycles. The first-order valence-electron chi connectivity index (χ1n) is 6.48. The molecule has 1 aliphatic rings. The minimum absolute atomic E-state index is 0.0844. The number of Topliss-reactive ketones (excluding diaryl/α,β-unsaturated/α-hetero) is 1. The van der Waals surface area contributed by atoms with Crippen LogP contribution in [0.15, 0.2) is 24.3 Å². The Morgan fingerprint density at radius 1 is 1.40 bits per heavy atom. The minimum Gasteiger partial charge on any atom is -0.469 e. The summed E-state index contributed by atoms with van der Waals surface area (Å²) in [6, 6.07) is 7.58. The van der Waals surface area contributed by atoms with E-state index in [1.165, 1.54) is 7.11 Å². The molecule has 5 nitrogen and oxygen atoms in total. The third-order valence-electron chi connectivity index (χ3n) is 3.44. The van der Waals surface area contributed by atoms with Crippen molar-refractivity contribution in [2.24, 2.45) is 5.92 Å². The van der Waals surface area contributed by atoms with Gasteiger partial charge in [-0.1, -0.05) is 12.1 Å². The van der Waals surface area contributed by atoms with Crippen LogP contribution < -0.4 is 4.90 Å². The Bertz CT molecular complexity index is 553. The van der Waals surface area contributed by atoms with Crippen molar-refractivity contribution in [1.82, 2.24) is 0 Å². The molecule has 0 saturated carbocycles. The third-order valence-corrected chi connectivity index (χ3v) is 3.44. The molecule has 1 heterocycles. The Kier molecular flexibility index (Phi) is 4.17. The number of methoxy groups -OCH3 is 1. The molecule has 0 unspecified atom stereocenters. The number of hydrogen-bond donors (Lipinski definition) is 0. The second kappa shape index (κ2) is 5.86. The van der Waals surface area contributed by atoms with Crippen molar-refractivity contribution in [3.63, 3.8) is 0 Å². The third kappa shape index (κ3) is 3.04. The van der Waals surface area contributed by atoms with E-state index >= 15 is 0 Å². The average Bonchev–Trinajstić information content (AvgIpc) is 2.80. The number of ketones is 1. The van der Waals surface area contributed by atoms with Crippen LogP contribution in [-0.2, 0) is 19.1 Å². The lowest BCUT2D eigenvalue weighted by atomic mass is 10.0. The van der Waals surface area contributed by atoms with Crippen molar-refractivity contribution in [2.75, 3.05) is 18.6 Å². The van der Waals surface area contributed by atoms with Gasteiger partial charge in [0.1, 0.15) is 12.2 Å². The molecular weight excluding hydrogens is 258 g/mol. The molecule has 5 heteroatoms. The van der Waals surface area contributed by atoms with Gasteiger partial charge in [-0.15, -0.1) is 0 Å². The van der Waals surface area contributed by atoms with Crippen molar-refractivity contribution in [3.05, 3.63) is 29.8 Å². The predicted octanol–water partition coefficient (Wildman–Crippen LogP) is 1.48. The van der Waals surface area contributed by atoms with E-state index in [1.54, 1.807) is 4.90 Å². The standard InChI is InChI=1S/C15H17NO4/c1-10-4-3-5-12(6-10)16-9-11(7-14(16)18)13(17)8-15(19)20-2/h3-6,11H,7-9H2,1-2H3/t11-/m1/s1. The number of esters is 1. The van der Waals surface area contributed by atoms with Gasteiger partial charge in [0.05, 0.1) is 7.11 Å². The quantitative estimate of drug-likeness (QED) is 0.617. The number of ether oxygens (including phenoxy) is 1. The van der Waals surface area contributed by atoms with Crippen LogP contribution in [0.25, 0.3) is 0 Å². The highest BCUT2D eigenvalue weighted by atomic mass is 16.5. The first kappa shape index (κ1) is 14.2. The number of carbonyl (C=O) groups is 3. The largest absolute Gasteiger partial charge is 0.469 e. The van der Waals surface area contributed by atoms with Gasteiger partial charge in [0.15, 0.2) is 0 Å². The summed E-state index contributed by atoms with van der Waals surface area (Å²) in [5, 5.41) is 0. The number of nitrogens with zero attached hydrogens (tertiary/aromatic N) is 1. The van der Waals surface area contributed by atoms with E-state index in [0.29, 0.717) is 6.54 Å². The van der Waals surface area contributed by atoms with Crippen LogP contribution in [0.1, 0.15) is 18.4 Å². The van der Waals surface area contributed by atoms with Crippen LogP contribution >= 0.6 is 0 Å². The Hall–Kier alpha value is -2.17. The molecule has 1 aliphatic heterocycles. The van der Waals surface area contributed by atoms with Crippen molar-refractivity contribution in [3.8, 4) is 0 Å². The molecule has 0 radical (unpaired) electrons. The van der Waals surface area contributed by atoms with E-state index in [1.807, 2.05) is 31.2 Å². The van der Waals surface area contributed by atoms with Gasteiger partial charge < -0.3 is 9.64 Å². The van der Waals surface area contributed by atoms with Crippen molar-refractivity contribution < 1.29 is 19.1 Å². The van der Waals surface area contributed by atoms with Crippen LogP contribution in [0.4, 0.5) is 5.69 Å². The van der Waals surface area contributed by atoms with E-state index in [9.17, 15) is 14.4 Å². The van der Waals surface area contributed by atoms with Crippen LogP contribution in [0.3, 0.4) is 0 Å². The molecule has 106 valence electrons. The fraction of sp³-hybridized carbons (Fsp3) is 0.400. The van der Waals surface area contributed by atoms with Crippen molar-refractivity contribution >= 4 is 23.3 Å². The van der Waals surface area contributed by atoms with Crippen LogP contribution in [0, 0.1) is 12.8 Å². The topological polar surface area (TPSA) is 63.7 Å². The Balaban J connectivity index is 2.07. The van der Waals surface area contributed by atoms with Crippen LogP contribution in [-0.4, -0.2) is 31.3 Å². The summed E-state index contributed by atoms with van der Waals surface area (Å²) in [5.74, 6) is -1.31. The molecule has 1 fully saturated rings. The second-order valence-electron chi connectivity index (χ2n) is 4.96. The number of rotatable bonds is 4. The summed E-state index contributed by atoms with van der Waals surface area (Å²) < 4.78 is 4.48. The zero-order valence-corrected chi connectivity index (χ0v) is 11.6. The Labute approximate surface area is 117 Å². The molecule has 20 heavy (non-hydrogen) atoms. The molecule has 1 atom stereocenters. The van der Waals surface area contributed by atoms with Gasteiger partial charge in [0.25, 0.3) is 0 Å². The highest BCUT2D eigenvalue weighted by Gasteiger charge is 2.35. The maximum Gasteiger partial charge on any atom is 0.313 e. The van der Waals surface area contributed by atoms with E-state index in [2.05, 4.69) is 4.74 Å². The fourth-order valence-corrected chi connectivity index (χ4v) is 2.33. The zero-order chi connectivity index (χ0) is 14.7. The first-order valence-corrected chi connectivity index (χ1v) is 6.48. The lowest BCUT2D eigenvalue weighted by molar-refractivity contribution is -0.144. The van der Waals surface area contributed by atoms with Crippen molar-refractivity contribution in [1.29, 1.82) is 0 Å². The average molecular weight is 275 g/mol. The molecular formula is C15H17NO4.